The third kappa shape index (κ3) is 18.8. The SMILES string of the molecule is CCC(C)(C)C(=O)C(=O)N1CCCCC1C(=O)OC(CCc1ccc(OC)c(OC)c1)c1cccc(NC(=O)CCC(=O)NCCCOCCOCCOCCCNC(=O)COc2cccc3c2C(=O)N(C2(C(=O)OCc4ccccc4)CCC(=O)NC2=O)C3=O)c1. The second-order valence-corrected chi connectivity index (χ2v) is 22.9. The number of esters is 2. The normalized spacial score (nSPS) is 16.6. The molecule has 494 valence electrons. The molecule has 3 aliphatic rings. The van der Waals surface area contributed by atoms with E-state index in [1.807, 2.05) is 19.1 Å². The third-order valence-corrected chi connectivity index (χ3v) is 16.1. The van der Waals surface area contributed by atoms with Crippen LogP contribution in [0.1, 0.15) is 135 Å². The summed E-state index contributed by atoms with van der Waals surface area (Å²) < 4.78 is 45.1. The molecule has 0 spiro atoms. The van der Waals surface area contributed by atoms with Gasteiger partial charge in [0.1, 0.15) is 24.5 Å². The highest BCUT2D eigenvalue weighted by atomic mass is 16.6. The Labute approximate surface area is 534 Å². The number of methoxy groups -OCH3 is 2. The van der Waals surface area contributed by atoms with Gasteiger partial charge < -0.3 is 58.7 Å². The van der Waals surface area contributed by atoms with Gasteiger partial charge >= 0.3 is 11.9 Å². The molecule has 7 rings (SSSR count). The lowest BCUT2D eigenvalue weighted by Gasteiger charge is -2.38. The minimum atomic E-state index is -2.48. The molecule has 25 nitrogen and oxygen atoms in total. The Balaban J connectivity index is 0.747. The molecule has 4 aromatic rings. The first-order chi connectivity index (χ1) is 44.3. The summed E-state index contributed by atoms with van der Waals surface area (Å²) in [5.74, 6) is -7.17. The molecule has 0 aromatic heterocycles. The number of ether oxygens (including phenoxy) is 8. The summed E-state index contributed by atoms with van der Waals surface area (Å²) in [5, 5.41) is 10.4. The van der Waals surface area contributed by atoms with Crippen LogP contribution in [-0.2, 0) is 79.9 Å². The number of likely N-dealkylation sites (tertiary alicyclic amines) is 1. The van der Waals surface area contributed by atoms with Crippen LogP contribution in [0.3, 0.4) is 0 Å². The van der Waals surface area contributed by atoms with Crippen LogP contribution in [0.4, 0.5) is 5.69 Å². The zero-order valence-corrected chi connectivity index (χ0v) is 52.7. The number of aryl methyl sites for hydroxylation is 1. The van der Waals surface area contributed by atoms with Crippen LogP contribution in [0.5, 0.6) is 17.2 Å². The predicted octanol–water partition coefficient (Wildman–Crippen LogP) is 5.68. The van der Waals surface area contributed by atoms with Crippen LogP contribution >= 0.6 is 0 Å². The van der Waals surface area contributed by atoms with E-state index in [0.29, 0.717) is 124 Å². The number of fused-ring (bicyclic) bond motifs is 1. The van der Waals surface area contributed by atoms with E-state index in [2.05, 4.69) is 21.3 Å². The number of hydrogen-bond acceptors (Lipinski definition) is 19. The lowest BCUT2D eigenvalue weighted by molar-refractivity contribution is -0.165. The molecular formula is C67H82N6O19. The Morgan fingerprint density at radius 3 is 2.07 bits per heavy atom. The molecule has 0 saturated carbocycles. The first-order valence-corrected chi connectivity index (χ1v) is 30.9. The van der Waals surface area contributed by atoms with Gasteiger partial charge in [0, 0.05) is 63.2 Å². The van der Waals surface area contributed by atoms with Crippen molar-refractivity contribution in [2.24, 2.45) is 5.41 Å². The van der Waals surface area contributed by atoms with Crippen molar-refractivity contribution < 1.29 is 90.6 Å². The van der Waals surface area contributed by atoms with Crippen molar-refractivity contribution in [2.45, 2.75) is 122 Å². The van der Waals surface area contributed by atoms with Crippen molar-refractivity contribution in [3.63, 3.8) is 0 Å². The summed E-state index contributed by atoms with van der Waals surface area (Å²) in [5.41, 5.74) is -1.28. The van der Waals surface area contributed by atoms with Crippen molar-refractivity contribution in [3.05, 3.63) is 119 Å². The minimum absolute atomic E-state index is 0.0605. The maximum atomic E-state index is 14.1. The van der Waals surface area contributed by atoms with Crippen molar-refractivity contribution in [2.75, 3.05) is 85.4 Å². The van der Waals surface area contributed by atoms with Gasteiger partial charge in [-0.25, -0.2) is 14.5 Å². The standard InChI is InChI=1S/C67H82N6O19/c1-6-66(2,3)59(78)62(81)72-33-11-10-21-49(72)63(82)92-50(25-23-44-24-26-51(85-4)53(40-44)86-5)46-18-12-19-47(41-46)70-55(75)28-27-54(74)68-31-14-34-87-36-38-89-39-37-88-35-15-32-69-57(77)43-90-52-22-13-20-48-58(52)61(80)73(60(48)79)67(30-29-56(76)71-64(67)83)65(84)91-42-45-16-8-7-9-17-45/h7-9,12-13,16-20,22,24,26,40-41,49-50H,6,10-11,14-15,21,23,25,27-39,42-43H2,1-5H3,(H,68,74)(H,69,77)(H,70,75)(H,71,76,83). The first-order valence-electron chi connectivity index (χ1n) is 30.9. The average Bonchev–Trinajstić information content (AvgIpc) is 1.53. The van der Waals surface area contributed by atoms with Crippen LogP contribution in [0.2, 0.25) is 0 Å². The van der Waals surface area contributed by atoms with Gasteiger partial charge in [0.2, 0.25) is 29.0 Å². The number of benzene rings is 4. The molecule has 3 unspecified atom stereocenters. The van der Waals surface area contributed by atoms with E-state index in [4.69, 9.17) is 37.9 Å². The number of carbonyl (C=O) groups excluding carboxylic acids is 11. The highest BCUT2D eigenvalue weighted by Crippen LogP contribution is 2.40. The summed E-state index contributed by atoms with van der Waals surface area (Å²) in [6, 6.07) is 24.2. The molecule has 3 aliphatic heterocycles. The quantitative estimate of drug-likeness (QED) is 0.0140. The number of nitrogens with one attached hydrogen (secondary N) is 4. The Hall–Kier alpha value is -9.07. The second-order valence-electron chi connectivity index (χ2n) is 22.9. The van der Waals surface area contributed by atoms with Gasteiger partial charge in [-0.3, -0.25) is 48.5 Å². The smallest absolute Gasteiger partial charge is 0.342 e. The lowest BCUT2D eigenvalue weighted by atomic mass is 9.84. The fourth-order valence-electron chi connectivity index (χ4n) is 10.5. The van der Waals surface area contributed by atoms with Crippen LogP contribution in [0.25, 0.3) is 0 Å². The summed E-state index contributed by atoms with van der Waals surface area (Å²) in [6.07, 6.45) is 2.10. The van der Waals surface area contributed by atoms with Crippen LogP contribution in [0.15, 0.2) is 91.0 Å². The van der Waals surface area contributed by atoms with Gasteiger partial charge in [-0.15, -0.1) is 0 Å². The van der Waals surface area contributed by atoms with E-state index >= 15 is 0 Å². The summed E-state index contributed by atoms with van der Waals surface area (Å²) in [7, 11) is 3.09. The number of hydrogen-bond donors (Lipinski definition) is 4. The Morgan fingerprint density at radius 1 is 0.707 bits per heavy atom. The Kier molecular flexibility index (Phi) is 26.3. The van der Waals surface area contributed by atoms with Gasteiger partial charge in [-0.05, 0) is 111 Å². The zero-order valence-electron chi connectivity index (χ0n) is 52.7. The number of piperidine rings is 2. The van der Waals surface area contributed by atoms with Crippen LogP contribution in [-0.4, -0.2) is 166 Å². The third-order valence-electron chi connectivity index (χ3n) is 16.1. The number of ketones is 1. The van der Waals surface area contributed by atoms with E-state index < -0.39 is 95.2 Å². The Bertz CT molecular complexity index is 3300. The van der Waals surface area contributed by atoms with Crippen LogP contribution < -0.4 is 35.5 Å². The number of anilines is 1. The molecule has 4 aromatic carbocycles. The van der Waals surface area contributed by atoms with E-state index in [-0.39, 0.29) is 68.3 Å². The number of nitrogens with zero attached hydrogens (tertiary/aromatic N) is 2. The monoisotopic (exact) mass is 1270 g/mol. The van der Waals surface area contributed by atoms with Crippen molar-refractivity contribution in [1.82, 2.24) is 25.8 Å². The van der Waals surface area contributed by atoms with Crippen LogP contribution in [0, 0.1) is 5.41 Å². The topological polar surface area (TPSA) is 316 Å². The lowest BCUT2D eigenvalue weighted by Crippen LogP contribution is -2.68. The molecule has 0 radical (unpaired) electrons. The van der Waals surface area contributed by atoms with E-state index in [9.17, 15) is 52.7 Å². The molecule has 3 atom stereocenters. The van der Waals surface area contributed by atoms with E-state index in [1.54, 1.807) is 88.7 Å². The minimum Gasteiger partial charge on any atom is -0.493 e. The van der Waals surface area contributed by atoms with E-state index in [1.165, 1.54) is 23.1 Å². The first kappa shape index (κ1) is 70.4. The number of amides is 8. The maximum Gasteiger partial charge on any atom is 0.342 e. The fraction of sp³-hybridized carbons (Fsp3) is 0.478. The fourth-order valence-corrected chi connectivity index (χ4v) is 10.5. The predicted molar refractivity (Wildman–Crippen MR) is 331 cm³/mol. The summed E-state index contributed by atoms with van der Waals surface area (Å²) in [4.78, 5) is 148. The highest BCUT2D eigenvalue weighted by Gasteiger charge is 2.62. The number of rotatable bonds is 36. The van der Waals surface area contributed by atoms with Gasteiger partial charge in [0.15, 0.2) is 18.1 Å². The molecule has 25 heteroatoms. The maximum absolute atomic E-state index is 14.1. The highest BCUT2D eigenvalue weighted by molar-refractivity contribution is 6.38. The van der Waals surface area contributed by atoms with Gasteiger partial charge in [0.25, 0.3) is 29.5 Å². The molecule has 92 heavy (non-hydrogen) atoms. The zero-order chi connectivity index (χ0) is 66.2. The second kappa shape index (κ2) is 34.4. The van der Waals surface area contributed by atoms with Crippen molar-refractivity contribution in [1.29, 1.82) is 0 Å². The molecule has 3 heterocycles. The molecule has 0 aliphatic carbocycles. The molecule has 0 bridgehead atoms. The molecule has 8 amide bonds. The molecular weight excluding hydrogens is 1190 g/mol. The average molecular weight is 1280 g/mol. The Morgan fingerprint density at radius 2 is 1.38 bits per heavy atom. The van der Waals surface area contributed by atoms with Gasteiger partial charge in [-0.1, -0.05) is 75.4 Å². The van der Waals surface area contributed by atoms with E-state index in [0.717, 1.165) is 5.56 Å². The van der Waals surface area contributed by atoms with Crippen molar-refractivity contribution in [3.8, 4) is 17.2 Å². The molecule has 4 N–H and O–H groups in total. The largest absolute Gasteiger partial charge is 0.493 e. The van der Waals surface area contributed by atoms with Gasteiger partial charge in [-0.2, -0.15) is 0 Å². The number of Topliss-reactive ketones (excluding diaryl/α,β-unsaturated/α-hetero) is 1. The number of carbonyl (C=O) groups is 11. The summed E-state index contributed by atoms with van der Waals surface area (Å²) >= 11 is 0. The molecule has 2 fully saturated rings. The van der Waals surface area contributed by atoms with Gasteiger partial charge in [0.05, 0.1) is 51.8 Å². The summed E-state index contributed by atoms with van der Waals surface area (Å²) in [6.45, 7) is 7.16. The molecule has 2 saturated heterocycles. The number of imide groups is 2. The van der Waals surface area contributed by atoms with Crippen molar-refractivity contribution >= 4 is 70.7 Å².